The molecule has 0 saturated carbocycles. The second-order valence-corrected chi connectivity index (χ2v) is 6.61. The lowest BCUT2D eigenvalue weighted by molar-refractivity contribution is 0.188. The van der Waals surface area contributed by atoms with Crippen molar-refractivity contribution in [2.45, 2.75) is 38.6 Å². The number of carbonyl (C=O) groups is 1. The molecule has 1 amide bonds. The van der Waals surface area contributed by atoms with Gasteiger partial charge in [-0.15, -0.1) is 0 Å². The Labute approximate surface area is 138 Å². The van der Waals surface area contributed by atoms with Crippen molar-refractivity contribution in [2.75, 3.05) is 37.6 Å². The van der Waals surface area contributed by atoms with E-state index >= 15 is 0 Å². The van der Waals surface area contributed by atoms with Gasteiger partial charge in [0.25, 0.3) is 0 Å². The number of nitrogens with one attached hydrogen (secondary N) is 1. The number of fused-ring (bicyclic) bond motifs is 1. The minimum atomic E-state index is -0.929. The standard InChI is InChI=1S/C18H27N3O2/c1-2-8-20-9-11-21(12-10-20)15-7-6-14-4-3-5-17(16(14)13-15)19-18(22)23/h6-7,13,17,19H,2-5,8-12H2,1H3,(H,22,23). The molecule has 2 N–H and O–H groups in total. The van der Waals surface area contributed by atoms with Crippen molar-refractivity contribution in [2.24, 2.45) is 0 Å². The highest BCUT2D eigenvalue weighted by atomic mass is 16.4. The monoisotopic (exact) mass is 317 g/mol. The van der Waals surface area contributed by atoms with Crippen LogP contribution < -0.4 is 10.2 Å². The first-order valence-corrected chi connectivity index (χ1v) is 8.77. The molecule has 1 aliphatic heterocycles. The molecule has 1 aromatic rings. The summed E-state index contributed by atoms with van der Waals surface area (Å²) in [6, 6.07) is 6.55. The van der Waals surface area contributed by atoms with E-state index < -0.39 is 6.09 Å². The highest BCUT2D eigenvalue weighted by Crippen LogP contribution is 2.33. The Balaban J connectivity index is 1.73. The fourth-order valence-corrected chi connectivity index (χ4v) is 3.83. The second-order valence-electron chi connectivity index (χ2n) is 6.61. The Morgan fingerprint density at radius 3 is 2.78 bits per heavy atom. The zero-order valence-corrected chi connectivity index (χ0v) is 13.9. The number of aryl methyl sites for hydroxylation is 1. The van der Waals surface area contributed by atoms with E-state index in [1.165, 1.54) is 29.8 Å². The summed E-state index contributed by atoms with van der Waals surface area (Å²) in [5, 5.41) is 11.7. The van der Waals surface area contributed by atoms with Crippen molar-refractivity contribution < 1.29 is 9.90 Å². The van der Waals surface area contributed by atoms with E-state index in [1.54, 1.807) is 0 Å². The average Bonchev–Trinajstić information content (AvgIpc) is 2.55. The molecule has 1 atom stereocenters. The molecule has 1 aliphatic carbocycles. The van der Waals surface area contributed by atoms with Crippen LogP contribution in [0.5, 0.6) is 0 Å². The molecular weight excluding hydrogens is 290 g/mol. The van der Waals surface area contributed by atoms with Crippen molar-refractivity contribution in [1.82, 2.24) is 10.2 Å². The van der Waals surface area contributed by atoms with Crippen LogP contribution in [-0.4, -0.2) is 48.8 Å². The number of piperazine rings is 1. The fourth-order valence-electron chi connectivity index (χ4n) is 3.83. The summed E-state index contributed by atoms with van der Waals surface area (Å²) in [6.45, 7) is 7.74. The van der Waals surface area contributed by atoms with Gasteiger partial charge in [0.05, 0.1) is 6.04 Å². The van der Waals surface area contributed by atoms with Crippen LogP contribution in [0.2, 0.25) is 0 Å². The Hall–Kier alpha value is -1.75. The number of hydrogen-bond acceptors (Lipinski definition) is 3. The van der Waals surface area contributed by atoms with E-state index in [4.69, 9.17) is 5.11 Å². The van der Waals surface area contributed by atoms with Crippen molar-refractivity contribution in [1.29, 1.82) is 0 Å². The Morgan fingerprint density at radius 2 is 2.09 bits per heavy atom. The number of anilines is 1. The second kappa shape index (κ2) is 7.21. The highest BCUT2D eigenvalue weighted by Gasteiger charge is 2.24. The fraction of sp³-hybridized carbons (Fsp3) is 0.611. The smallest absolute Gasteiger partial charge is 0.405 e. The lowest BCUT2D eigenvalue weighted by Crippen LogP contribution is -2.46. The summed E-state index contributed by atoms with van der Waals surface area (Å²) in [6.07, 6.45) is 3.28. The molecule has 23 heavy (non-hydrogen) atoms. The SMILES string of the molecule is CCCN1CCN(c2ccc3c(c2)C(NC(=O)O)CCC3)CC1. The molecular formula is C18H27N3O2. The van der Waals surface area contributed by atoms with Crippen LogP contribution in [0.15, 0.2) is 18.2 Å². The third-order valence-corrected chi connectivity index (χ3v) is 5.02. The molecule has 1 fully saturated rings. The van der Waals surface area contributed by atoms with Crippen LogP contribution in [0.25, 0.3) is 0 Å². The molecule has 0 aromatic heterocycles. The van der Waals surface area contributed by atoms with E-state index in [-0.39, 0.29) is 6.04 Å². The molecule has 0 bridgehead atoms. The largest absolute Gasteiger partial charge is 0.465 e. The van der Waals surface area contributed by atoms with Gasteiger partial charge in [-0.05, 0) is 55.5 Å². The van der Waals surface area contributed by atoms with Gasteiger partial charge in [-0.25, -0.2) is 4.79 Å². The predicted octanol–water partition coefficient (Wildman–Crippen LogP) is 2.86. The molecule has 1 heterocycles. The minimum absolute atomic E-state index is 0.0578. The third kappa shape index (κ3) is 3.78. The van der Waals surface area contributed by atoms with Gasteiger partial charge in [0, 0.05) is 31.9 Å². The van der Waals surface area contributed by atoms with Gasteiger partial charge >= 0.3 is 6.09 Å². The minimum Gasteiger partial charge on any atom is -0.465 e. The van der Waals surface area contributed by atoms with Gasteiger partial charge in [0.1, 0.15) is 0 Å². The van der Waals surface area contributed by atoms with Crippen molar-refractivity contribution >= 4 is 11.8 Å². The molecule has 0 spiro atoms. The molecule has 2 aliphatic rings. The Morgan fingerprint density at radius 1 is 1.30 bits per heavy atom. The van der Waals surface area contributed by atoms with Crippen molar-refractivity contribution in [3.8, 4) is 0 Å². The zero-order valence-electron chi connectivity index (χ0n) is 13.9. The molecule has 1 aromatic carbocycles. The molecule has 126 valence electrons. The van der Waals surface area contributed by atoms with E-state index in [0.29, 0.717) is 0 Å². The van der Waals surface area contributed by atoms with Crippen LogP contribution in [0, 0.1) is 0 Å². The van der Waals surface area contributed by atoms with Gasteiger partial charge in [-0.2, -0.15) is 0 Å². The maximum Gasteiger partial charge on any atom is 0.405 e. The van der Waals surface area contributed by atoms with Crippen molar-refractivity contribution in [3.05, 3.63) is 29.3 Å². The lowest BCUT2D eigenvalue weighted by Gasteiger charge is -2.37. The number of amides is 1. The molecule has 5 heteroatoms. The summed E-state index contributed by atoms with van der Waals surface area (Å²) in [7, 11) is 0. The van der Waals surface area contributed by atoms with Gasteiger partial charge in [0.15, 0.2) is 0 Å². The van der Waals surface area contributed by atoms with Crippen LogP contribution in [0.4, 0.5) is 10.5 Å². The summed E-state index contributed by atoms with van der Waals surface area (Å²) in [5.74, 6) is 0. The number of hydrogen-bond donors (Lipinski definition) is 2. The zero-order chi connectivity index (χ0) is 16.2. The Bertz CT molecular complexity index is 553. The predicted molar refractivity (Wildman–Crippen MR) is 92.2 cm³/mol. The third-order valence-electron chi connectivity index (χ3n) is 5.02. The quantitative estimate of drug-likeness (QED) is 0.896. The van der Waals surface area contributed by atoms with Crippen molar-refractivity contribution in [3.63, 3.8) is 0 Å². The molecule has 3 rings (SSSR count). The highest BCUT2D eigenvalue weighted by molar-refractivity contribution is 5.66. The number of nitrogens with zero attached hydrogens (tertiary/aromatic N) is 2. The van der Waals surface area contributed by atoms with E-state index in [2.05, 4.69) is 40.2 Å². The first-order valence-electron chi connectivity index (χ1n) is 8.77. The molecule has 1 unspecified atom stereocenters. The molecule has 5 nitrogen and oxygen atoms in total. The summed E-state index contributed by atoms with van der Waals surface area (Å²) in [5.41, 5.74) is 3.70. The maximum absolute atomic E-state index is 11.0. The van der Waals surface area contributed by atoms with Crippen LogP contribution in [0.1, 0.15) is 43.4 Å². The van der Waals surface area contributed by atoms with Gasteiger partial charge in [-0.1, -0.05) is 13.0 Å². The van der Waals surface area contributed by atoms with E-state index in [9.17, 15) is 4.79 Å². The molecule has 1 saturated heterocycles. The maximum atomic E-state index is 11.0. The van der Waals surface area contributed by atoms with Gasteiger partial charge in [0.2, 0.25) is 0 Å². The topological polar surface area (TPSA) is 55.8 Å². The number of carboxylic acid groups (broad SMARTS) is 1. The first kappa shape index (κ1) is 16.1. The molecule has 0 radical (unpaired) electrons. The van der Waals surface area contributed by atoms with E-state index in [0.717, 1.165) is 45.4 Å². The lowest BCUT2D eigenvalue weighted by atomic mass is 9.87. The van der Waals surface area contributed by atoms with Crippen LogP contribution in [-0.2, 0) is 6.42 Å². The van der Waals surface area contributed by atoms with E-state index in [1.807, 2.05) is 0 Å². The summed E-state index contributed by atoms with van der Waals surface area (Å²) in [4.78, 5) is 16.0. The number of benzene rings is 1. The Kier molecular flexibility index (Phi) is 5.06. The summed E-state index contributed by atoms with van der Waals surface area (Å²) >= 11 is 0. The number of rotatable bonds is 4. The van der Waals surface area contributed by atoms with Gasteiger partial charge in [-0.3, -0.25) is 4.90 Å². The summed E-state index contributed by atoms with van der Waals surface area (Å²) < 4.78 is 0. The average molecular weight is 317 g/mol. The van der Waals surface area contributed by atoms with Crippen LogP contribution in [0.3, 0.4) is 0 Å². The normalized spacial score (nSPS) is 21.8. The first-order chi connectivity index (χ1) is 11.2. The van der Waals surface area contributed by atoms with Gasteiger partial charge < -0.3 is 15.3 Å². The van der Waals surface area contributed by atoms with Crippen LogP contribution >= 0.6 is 0 Å².